The number of morpholine rings is 1. The lowest BCUT2D eigenvalue weighted by molar-refractivity contribution is 0.0250. The molecule has 0 saturated carbocycles. The van der Waals surface area contributed by atoms with E-state index in [0.717, 1.165) is 6.07 Å². The highest BCUT2D eigenvalue weighted by molar-refractivity contribution is 5.35. The molecule has 1 atom stereocenters. The van der Waals surface area contributed by atoms with Gasteiger partial charge in [0, 0.05) is 37.0 Å². The van der Waals surface area contributed by atoms with Crippen molar-refractivity contribution in [3.63, 3.8) is 0 Å². The van der Waals surface area contributed by atoms with Gasteiger partial charge in [-0.1, -0.05) is 27.7 Å². The summed E-state index contributed by atoms with van der Waals surface area (Å²) in [5, 5.41) is 10.5. The van der Waals surface area contributed by atoms with Crippen LogP contribution in [0.4, 0.5) is 8.78 Å². The van der Waals surface area contributed by atoms with E-state index < -0.39 is 17.7 Å². The van der Waals surface area contributed by atoms with Crippen LogP contribution in [0.2, 0.25) is 0 Å². The van der Waals surface area contributed by atoms with Crippen LogP contribution in [0.25, 0.3) is 0 Å². The number of halogens is 2. The van der Waals surface area contributed by atoms with Crippen LogP contribution < -0.4 is 10.1 Å². The highest BCUT2D eigenvalue weighted by atomic mass is 19.2. The number of benzene rings is 1. The Morgan fingerprint density at radius 3 is 2.56 bits per heavy atom. The molecule has 1 aliphatic heterocycles. The molecule has 1 saturated heterocycles. The summed E-state index contributed by atoms with van der Waals surface area (Å²) < 4.78 is 38.5. The molecule has 0 bridgehead atoms. The monoisotopic (exact) mass is 353 g/mol. The van der Waals surface area contributed by atoms with E-state index in [4.69, 9.17) is 9.47 Å². The molecule has 138 valence electrons. The van der Waals surface area contributed by atoms with Gasteiger partial charge < -0.3 is 14.8 Å². The molecule has 1 N–H and O–H groups in total. The van der Waals surface area contributed by atoms with Crippen LogP contribution in [0.3, 0.4) is 0 Å². The minimum atomic E-state index is -0.986. The van der Waals surface area contributed by atoms with Crippen molar-refractivity contribution in [2.45, 2.75) is 33.8 Å². The summed E-state index contributed by atoms with van der Waals surface area (Å²) in [7, 11) is 0. The lowest BCUT2D eigenvalue weighted by Crippen LogP contribution is -2.33. The first-order chi connectivity index (χ1) is 12.2. The van der Waals surface area contributed by atoms with E-state index in [0.29, 0.717) is 19.7 Å². The normalized spacial score (nSPS) is 16.0. The van der Waals surface area contributed by atoms with Crippen LogP contribution in [0.1, 0.15) is 39.4 Å². The highest BCUT2D eigenvalue weighted by Crippen LogP contribution is 2.30. The molecular weight excluding hydrogens is 328 g/mol. The molecule has 0 aliphatic carbocycles. The van der Waals surface area contributed by atoms with Gasteiger partial charge in [-0.3, -0.25) is 0 Å². The Morgan fingerprint density at radius 1 is 1.20 bits per heavy atom. The third-order valence-corrected chi connectivity index (χ3v) is 3.07. The quantitative estimate of drug-likeness (QED) is 0.893. The fraction of sp³-hybridized carbons (Fsp3) is 0.444. The van der Waals surface area contributed by atoms with E-state index in [-0.39, 0.29) is 17.2 Å². The van der Waals surface area contributed by atoms with Crippen LogP contribution in [0.15, 0.2) is 30.5 Å². The van der Waals surface area contributed by atoms with Crippen molar-refractivity contribution in [2.75, 3.05) is 19.7 Å². The van der Waals surface area contributed by atoms with E-state index >= 15 is 0 Å². The van der Waals surface area contributed by atoms with Crippen molar-refractivity contribution in [3.05, 3.63) is 47.7 Å². The topological polar surface area (TPSA) is 56.3 Å². The van der Waals surface area contributed by atoms with Gasteiger partial charge in [0.2, 0.25) is 5.88 Å². The molecular formula is C18H25F2N3O2. The number of nitrogens with one attached hydrogen (secondary N) is 1. The Morgan fingerprint density at radius 2 is 1.96 bits per heavy atom. The molecule has 7 heteroatoms. The van der Waals surface area contributed by atoms with Crippen molar-refractivity contribution >= 4 is 0 Å². The number of rotatable bonds is 3. The Labute approximate surface area is 147 Å². The van der Waals surface area contributed by atoms with Crippen molar-refractivity contribution in [2.24, 2.45) is 0 Å². The van der Waals surface area contributed by atoms with Crippen molar-refractivity contribution in [1.82, 2.24) is 15.5 Å². The molecule has 0 spiro atoms. The Bertz CT molecular complexity index is 621. The van der Waals surface area contributed by atoms with Crippen molar-refractivity contribution in [3.8, 4) is 11.6 Å². The second kappa shape index (κ2) is 11.4. The second-order valence-electron chi connectivity index (χ2n) is 4.54. The number of ether oxygens (including phenoxy) is 2. The summed E-state index contributed by atoms with van der Waals surface area (Å²) in [6.07, 6.45) is 0.948. The zero-order valence-corrected chi connectivity index (χ0v) is 15.1. The summed E-state index contributed by atoms with van der Waals surface area (Å²) in [6.45, 7) is 9.56. The first-order valence-corrected chi connectivity index (χ1v) is 8.51. The van der Waals surface area contributed by atoms with Crippen LogP contribution >= 0.6 is 0 Å². The maximum atomic E-state index is 13.9. The fourth-order valence-corrected chi connectivity index (χ4v) is 2.11. The maximum Gasteiger partial charge on any atom is 0.238 e. The first-order valence-electron chi connectivity index (χ1n) is 8.51. The van der Waals surface area contributed by atoms with Gasteiger partial charge in [0.15, 0.2) is 11.6 Å². The van der Waals surface area contributed by atoms with Gasteiger partial charge >= 0.3 is 0 Å². The SMILES string of the molecule is CC.CC.Fc1cc(Oc2cccnn2)cc([C@@H]2CNCCO2)c1F. The van der Waals surface area contributed by atoms with E-state index in [2.05, 4.69) is 15.5 Å². The molecule has 2 heterocycles. The summed E-state index contributed by atoms with van der Waals surface area (Å²) in [4.78, 5) is 0. The van der Waals surface area contributed by atoms with Gasteiger partial charge in [0.05, 0.1) is 12.7 Å². The standard InChI is InChI=1S/C14H13F2N3O2.2C2H6/c15-11-7-9(21-13-2-1-3-18-19-13)6-10(14(11)16)12-8-17-4-5-20-12;2*1-2/h1-3,6-7,12,17H,4-5,8H2;2*1-2H3/t12-;;/m0../s1. The lowest BCUT2D eigenvalue weighted by Gasteiger charge is -2.24. The molecule has 1 aromatic carbocycles. The van der Waals surface area contributed by atoms with Gasteiger partial charge in [0.25, 0.3) is 0 Å². The Hall–Kier alpha value is -2.12. The smallest absolute Gasteiger partial charge is 0.238 e. The van der Waals surface area contributed by atoms with Crippen molar-refractivity contribution in [1.29, 1.82) is 0 Å². The molecule has 3 rings (SSSR count). The maximum absolute atomic E-state index is 13.9. The summed E-state index contributed by atoms with van der Waals surface area (Å²) >= 11 is 0. The van der Waals surface area contributed by atoms with Gasteiger partial charge in [-0.15, -0.1) is 5.10 Å². The summed E-state index contributed by atoms with van der Waals surface area (Å²) in [5.74, 6) is -1.55. The molecule has 25 heavy (non-hydrogen) atoms. The molecule has 1 aromatic heterocycles. The van der Waals surface area contributed by atoms with Crippen LogP contribution in [-0.4, -0.2) is 29.9 Å². The average Bonchev–Trinajstić information content (AvgIpc) is 2.69. The summed E-state index contributed by atoms with van der Waals surface area (Å²) in [5.41, 5.74) is 0.126. The Balaban J connectivity index is 0.000000730. The second-order valence-corrected chi connectivity index (χ2v) is 4.54. The largest absolute Gasteiger partial charge is 0.437 e. The molecule has 2 aromatic rings. The predicted octanol–water partition coefficient (Wildman–Crippen LogP) is 4.26. The van der Waals surface area contributed by atoms with Gasteiger partial charge in [0.1, 0.15) is 5.75 Å². The van der Waals surface area contributed by atoms with Crippen molar-refractivity contribution < 1.29 is 18.3 Å². The van der Waals surface area contributed by atoms with E-state index in [1.807, 2.05) is 27.7 Å². The third kappa shape index (κ3) is 6.03. The highest BCUT2D eigenvalue weighted by Gasteiger charge is 2.23. The van der Waals surface area contributed by atoms with Gasteiger partial charge in [-0.05, 0) is 12.1 Å². The zero-order valence-electron chi connectivity index (χ0n) is 15.1. The van der Waals surface area contributed by atoms with Crippen LogP contribution in [0, 0.1) is 11.6 Å². The van der Waals surface area contributed by atoms with Gasteiger partial charge in [-0.2, -0.15) is 5.10 Å². The van der Waals surface area contributed by atoms with Gasteiger partial charge in [-0.25, -0.2) is 8.78 Å². The molecule has 0 radical (unpaired) electrons. The minimum Gasteiger partial charge on any atom is -0.437 e. The molecule has 0 amide bonds. The van der Waals surface area contributed by atoms with Crippen LogP contribution in [0.5, 0.6) is 11.6 Å². The minimum absolute atomic E-state index is 0.126. The fourth-order valence-electron chi connectivity index (χ4n) is 2.11. The molecule has 5 nitrogen and oxygen atoms in total. The number of hydrogen-bond donors (Lipinski definition) is 1. The van der Waals surface area contributed by atoms with E-state index in [9.17, 15) is 8.78 Å². The summed E-state index contributed by atoms with van der Waals surface area (Å²) in [6, 6.07) is 5.61. The Kier molecular flexibility index (Phi) is 9.57. The average molecular weight is 353 g/mol. The lowest BCUT2D eigenvalue weighted by atomic mass is 10.1. The predicted molar refractivity (Wildman–Crippen MR) is 92.7 cm³/mol. The van der Waals surface area contributed by atoms with Crippen LogP contribution in [-0.2, 0) is 4.74 Å². The first kappa shape index (κ1) is 20.9. The third-order valence-electron chi connectivity index (χ3n) is 3.07. The molecule has 0 unspecified atom stereocenters. The van der Waals surface area contributed by atoms with E-state index in [1.54, 1.807) is 12.1 Å². The number of hydrogen-bond acceptors (Lipinski definition) is 5. The number of aromatic nitrogens is 2. The molecule has 1 fully saturated rings. The molecule has 1 aliphatic rings. The van der Waals surface area contributed by atoms with E-state index in [1.165, 1.54) is 12.3 Å². The zero-order chi connectivity index (χ0) is 18.7. The number of nitrogens with zero attached hydrogens (tertiary/aromatic N) is 2.